The van der Waals surface area contributed by atoms with Crippen molar-refractivity contribution < 1.29 is 17.7 Å². The first-order valence-corrected chi connectivity index (χ1v) is 8.06. The second-order valence-corrected chi connectivity index (χ2v) is 6.78. The molecule has 6 nitrogen and oxygen atoms in total. The molecule has 2 rings (SSSR count). The third-order valence-electron chi connectivity index (χ3n) is 2.44. The highest BCUT2D eigenvalue weighted by Crippen LogP contribution is 2.28. The first-order chi connectivity index (χ1) is 9.78. The number of benzene rings is 1. The molecule has 0 saturated heterocycles. The summed E-state index contributed by atoms with van der Waals surface area (Å²) in [6, 6.07) is 5.74. The number of ether oxygens (including phenoxy) is 1. The van der Waals surface area contributed by atoms with Gasteiger partial charge >= 0.3 is 0 Å². The molecule has 0 aliphatic rings. The van der Waals surface area contributed by atoms with Crippen LogP contribution in [0, 0.1) is 6.92 Å². The molecule has 1 aromatic carbocycles. The van der Waals surface area contributed by atoms with E-state index < -0.39 is 10.0 Å². The molecule has 1 heterocycles. The maximum absolute atomic E-state index is 12.2. The summed E-state index contributed by atoms with van der Waals surface area (Å²) in [6.45, 7) is 5.38. The SMILES string of the molecule is Cc1cc(NS(=O)(=O)c2ccc(OC(C)C)c(Cl)c2)no1. The summed E-state index contributed by atoms with van der Waals surface area (Å²) in [5.41, 5.74) is 0. The molecule has 0 aliphatic heterocycles. The minimum absolute atomic E-state index is 0.0178. The van der Waals surface area contributed by atoms with E-state index in [9.17, 15) is 8.42 Å². The average molecular weight is 331 g/mol. The van der Waals surface area contributed by atoms with E-state index in [0.717, 1.165) is 0 Å². The monoisotopic (exact) mass is 330 g/mol. The van der Waals surface area contributed by atoms with Gasteiger partial charge in [0, 0.05) is 6.07 Å². The van der Waals surface area contributed by atoms with Crippen molar-refractivity contribution in [2.24, 2.45) is 0 Å². The van der Waals surface area contributed by atoms with Gasteiger partial charge in [-0.25, -0.2) is 8.42 Å². The van der Waals surface area contributed by atoms with Crippen molar-refractivity contribution in [3.63, 3.8) is 0 Å². The number of nitrogens with one attached hydrogen (secondary N) is 1. The Labute approximate surface area is 128 Å². The number of sulfonamides is 1. The fraction of sp³-hybridized carbons (Fsp3) is 0.308. The maximum atomic E-state index is 12.2. The van der Waals surface area contributed by atoms with E-state index in [1.807, 2.05) is 13.8 Å². The second-order valence-electron chi connectivity index (χ2n) is 4.69. The number of nitrogens with zero attached hydrogens (tertiary/aromatic N) is 1. The molecule has 0 aliphatic carbocycles. The zero-order valence-corrected chi connectivity index (χ0v) is 13.3. The van der Waals surface area contributed by atoms with Crippen LogP contribution in [0.1, 0.15) is 19.6 Å². The molecule has 0 fully saturated rings. The summed E-state index contributed by atoms with van der Waals surface area (Å²) in [5.74, 6) is 1.06. The van der Waals surface area contributed by atoms with Crippen LogP contribution in [0.15, 0.2) is 33.7 Å². The predicted octanol–water partition coefficient (Wildman–Crippen LogP) is 3.22. The number of rotatable bonds is 5. The standard InChI is InChI=1S/C13H15ClN2O4S/c1-8(2)19-12-5-4-10(7-11(12)14)21(17,18)16-13-6-9(3)20-15-13/h4-8H,1-3H3,(H,15,16). The van der Waals surface area contributed by atoms with Gasteiger partial charge in [0.1, 0.15) is 11.5 Å². The van der Waals surface area contributed by atoms with Crippen LogP contribution in [0.4, 0.5) is 5.82 Å². The molecule has 8 heteroatoms. The third-order valence-corrected chi connectivity index (χ3v) is 4.09. The molecule has 0 spiro atoms. The Morgan fingerprint density at radius 1 is 1.33 bits per heavy atom. The highest BCUT2D eigenvalue weighted by atomic mass is 35.5. The molecule has 1 N–H and O–H groups in total. The summed E-state index contributed by atoms with van der Waals surface area (Å²) in [4.78, 5) is 0.0178. The van der Waals surface area contributed by atoms with Gasteiger partial charge in [-0.3, -0.25) is 4.72 Å². The Hall–Kier alpha value is -1.73. The lowest BCUT2D eigenvalue weighted by Crippen LogP contribution is -2.13. The van der Waals surface area contributed by atoms with Gasteiger partial charge in [0.15, 0.2) is 5.82 Å². The Morgan fingerprint density at radius 3 is 2.57 bits per heavy atom. The number of halogens is 1. The Kier molecular flexibility index (Phi) is 4.43. The van der Waals surface area contributed by atoms with E-state index in [-0.39, 0.29) is 21.8 Å². The van der Waals surface area contributed by atoms with Crippen LogP contribution in [-0.4, -0.2) is 19.7 Å². The molecule has 0 atom stereocenters. The maximum Gasteiger partial charge on any atom is 0.263 e. The summed E-state index contributed by atoms with van der Waals surface area (Å²) in [5, 5.41) is 3.81. The van der Waals surface area contributed by atoms with Gasteiger partial charge in [-0.05, 0) is 39.0 Å². The van der Waals surface area contributed by atoms with Crippen molar-refractivity contribution in [2.75, 3.05) is 4.72 Å². The number of hydrogen-bond acceptors (Lipinski definition) is 5. The van der Waals surface area contributed by atoms with Crippen LogP contribution in [-0.2, 0) is 10.0 Å². The van der Waals surface area contributed by atoms with E-state index in [2.05, 4.69) is 9.88 Å². The second kappa shape index (κ2) is 5.95. The van der Waals surface area contributed by atoms with Crippen molar-refractivity contribution in [2.45, 2.75) is 31.8 Å². The van der Waals surface area contributed by atoms with Crippen LogP contribution in [0.3, 0.4) is 0 Å². The van der Waals surface area contributed by atoms with Gasteiger partial charge in [-0.2, -0.15) is 0 Å². The lowest BCUT2D eigenvalue weighted by Gasteiger charge is -2.12. The largest absolute Gasteiger partial charge is 0.489 e. The topological polar surface area (TPSA) is 81.4 Å². The molecule has 0 saturated carbocycles. The zero-order chi connectivity index (χ0) is 15.6. The molecular formula is C13H15ClN2O4S. The van der Waals surface area contributed by atoms with Crippen molar-refractivity contribution >= 4 is 27.4 Å². The van der Waals surface area contributed by atoms with Crippen molar-refractivity contribution in [1.82, 2.24) is 5.16 Å². The van der Waals surface area contributed by atoms with Gasteiger partial charge in [-0.15, -0.1) is 0 Å². The number of aryl methyl sites for hydroxylation is 1. The van der Waals surface area contributed by atoms with Crippen molar-refractivity contribution in [3.8, 4) is 5.75 Å². The van der Waals surface area contributed by atoms with E-state index in [0.29, 0.717) is 11.5 Å². The smallest absolute Gasteiger partial charge is 0.263 e. The quantitative estimate of drug-likeness (QED) is 0.910. The van der Waals surface area contributed by atoms with E-state index in [1.165, 1.54) is 24.3 Å². The molecule has 114 valence electrons. The molecule has 2 aromatic rings. The van der Waals surface area contributed by atoms with Crippen LogP contribution in [0.5, 0.6) is 5.75 Å². The zero-order valence-electron chi connectivity index (χ0n) is 11.8. The van der Waals surface area contributed by atoms with Crippen LogP contribution >= 0.6 is 11.6 Å². The third kappa shape index (κ3) is 3.89. The number of aromatic nitrogens is 1. The Morgan fingerprint density at radius 2 is 2.05 bits per heavy atom. The summed E-state index contributed by atoms with van der Waals surface area (Å²) in [6.07, 6.45) is -0.0545. The molecule has 0 amide bonds. The highest BCUT2D eigenvalue weighted by molar-refractivity contribution is 7.92. The average Bonchev–Trinajstić information content (AvgIpc) is 2.76. The lowest BCUT2D eigenvalue weighted by atomic mass is 10.3. The first kappa shape index (κ1) is 15.7. The van der Waals surface area contributed by atoms with Gasteiger partial charge in [0.2, 0.25) is 0 Å². The normalized spacial score (nSPS) is 11.7. The van der Waals surface area contributed by atoms with Gasteiger partial charge in [-0.1, -0.05) is 16.8 Å². The summed E-state index contributed by atoms with van der Waals surface area (Å²) in [7, 11) is -3.78. The van der Waals surface area contributed by atoms with Crippen molar-refractivity contribution in [3.05, 3.63) is 35.0 Å². The van der Waals surface area contributed by atoms with Gasteiger partial charge in [0.05, 0.1) is 16.0 Å². The predicted molar refractivity (Wildman–Crippen MR) is 79.3 cm³/mol. The Bertz CT molecular complexity index is 740. The first-order valence-electron chi connectivity index (χ1n) is 6.20. The van der Waals surface area contributed by atoms with E-state index in [4.69, 9.17) is 20.9 Å². The minimum atomic E-state index is -3.78. The van der Waals surface area contributed by atoms with Gasteiger partial charge < -0.3 is 9.26 Å². The summed E-state index contributed by atoms with van der Waals surface area (Å²) < 4.78 is 37.0. The summed E-state index contributed by atoms with van der Waals surface area (Å²) >= 11 is 6.04. The number of anilines is 1. The number of hydrogen-bond donors (Lipinski definition) is 1. The van der Waals surface area contributed by atoms with Crippen LogP contribution < -0.4 is 9.46 Å². The highest BCUT2D eigenvalue weighted by Gasteiger charge is 2.18. The molecule has 0 bridgehead atoms. The minimum Gasteiger partial charge on any atom is -0.489 e. The fourth-order valence-electron chi connectivity index (χ4n) is 1.61. The fourth-order valence-corrected chi connectivity index (χ4v) is 2.91. The van der Waals surface area contributed by atoms with Crippen molar-refractivity contribution in [1.29, 1.82) is 0 Å². The molecule has 0 unspecified atom stereocenters. The Balaban J connectivity index is 2.26. The van der Waals surface area contributed by atoms with Crippen LogP contribution in [0.2, 0.25) is 5.02 Å². The molecule has 1 aromatic heterocycles. The van der Waals surface area contributed by atoms with Crippen LogP contribution in [0.25, 0.3) is 0 Å². The molecule has 21 heavy (non-hydrogen) atoms. The molecule has 0 radical (unpaired) electrons. The van der Waals surface area contributed by atoms with E-state index >= 15 is 0 Å². The lowest BCUT2D eigenvalue weighted by molar-refractivity contribution is 0.242. The molecular weight excluding hydrogens is 316 g/mol. The van der Waals surface area contributed by atoms with Gasteiger partial charge in [0.25, 0.3) is 10.0 Å². The van der Waals surface area contributed by atoms with E-state index in [1.54, 1.807) is 6.92 Å².